The van der Waals surface area contributed by atoms with Crippen LogP contribution in [0.5, 0.6) is 0 Å². The number of carbonyl (C=O) groups is 3. The van der Waals surface area contributed by atoms with Crippen LogP contribution in [0.1, 0.15) is 49.7 Å². The number of nitrogens with zero attached hydrogens (tertiary/aromatic N) is 2. The third-order valence-corrected chi connectivity index (χ3v) is 6.95. The number of aliphatic carboxylic acids is 1. The Bertz CT molecular complexity index is 1110. The van der Waals surface area contributed by atoms with Gasteiger partial charge in [0.2, 0.25) is 5.91 Å². The summed E-state index contributed by atoms with van der Waals surface area (Å²) >= 11 is 0. The standard InChI is InChI=1S/C27H29N3O5/c1-17-13-15-30(24(17)26(32)33)25(31)23(12-6-7-14-28)29-27(34)35-16-22-20-10-4-2-8-18(20)19-9-3-5-11-21(19)22/h2-5,8-11,17,22-24H,6-7,12-13,15-16H2,1H3,(H,29,34)(H,32,33). The van der Waals surface area contributed by atoms with Gasteiger partial charge in [0.1, 0.15) is 18.7 Å². The van der Waals surface area contributed by atoms with Gasteiger partial charge in [0.05, 0.1) is 6.07 Å². The van der Waals surface area contributed by atoms with Gasteiger partial charge in [-0.2, -0.15) is 5.26 Å². The highest BCUT2D eigenvalue weighted by Crippen LogP contribution is 2.44. The molecule has 1 fully saturated rings. The fourth-order valence-corrected chi connectivity index (χ4v) is 5.20. The van der Waals surface area contributed by atoms with Gasteiger partial charge in [-0.05, 0) is 47.4 Å². The first-order valence-corrected chi connectivity index (χ1v) is 11.9. The van der Waals surface area contributed by atoms with E-state index in [4.69, 9.17) is 10.00 Å². The fraction of sp³-hybridized carbons (Fsp3) is 0.407. The molecule has 8 nitrogen and oxygen atoms in total. The molecule has 8 heteroatoms. The number of amides is 2. The lowest BCUT2D eigenvalue weighted by atomic mass is 9.98. The van der Waals surface area contributed by atoms with Crippen LogP contribution in [0.25, 0.3) is 11.1 Å². The summed E-state index contributed by atoms with van der Waals surface area (Å²) in [6.07, 6.45) is 0.709. The van der Waals surface area contributed by atoms with Crippen LogP contribution in [0, 0.1) is 17.2 Å². The third kappa shape index (κ3) is 4.99. The van der Waals surface area contributed by atoms with Crippen LogP contribution < -0.4 is 5.32 Å². The van der Waals surface area contributed by atoms with Crippen LogP contribution in [0.3, 0.4) is 0 Å². The molecule has 1 aliphatic heterocycles. The Kier molecular flexibility index (Phi) is 7.35. The first-order chi connectivity index (χ1) is 16.9. The lowest BCUT2D eigenvalue weighted by Gasteiger charge is -2.28. The van der Waals surface area contributed by atoms with Gasteiger partial charge in [0.15, 0.2) is 0 Å². The molecular weight excluding hydrogens is 446 g/mol. The molecule has 2 aromatic rings. The number of carboxylic acids is 1. The number of carbonyl (C=O) groups excluding carboxylic acids is 2. The highest BCUT2D eigenvalue weighted by Gasteiger charge is 2.42. The quantitative estimate of drug-likeness (QED) is 0.559. The van der Waals surface area contributed by atoms with Crippen molar-refractivity contribution in [2.75, 3.05) is 13.2 Å². The molecule has 0 spiro atoms. The lowest BCUT2D eigenvalue weighted by Crippen LogP contribution is -2.52. The minimum absolute atomic E-state index is 0.109. The van der Waals surface area contributed by atoms with Crippen molar-refractivity contribution in [3.8, 4) is 17.2 Å². The number of rotatable bonds is 8. The predicted octanol–water partition coefficient (Wildman–Crippen LogP) is 3.91. The van der Waals surface area contributed by atoms with Gasteiger partial charge in [0, 0.05) is 18.9 Å². The highest BCUT2D eigenvalue weighted by molar-refractivity contribution is 5.90. The van der Waals surface area contributed by atoms with Gasteiger partial charge in [0.25, 0.3) is 0 Å². The van der Waals surface area contributed by atoms with Crippen molar-refractivity contribution < 1.29 is 24.2 Å². The molecule has 0 bridgehead atoms. The van der Waals surface area contributed by atoms with Gasteiger partial charge in [-0.15, -0.1) is 0 Å². The molecule has 0 radical (unpaired) electrons. The van der Waals surface area contributed by atoms with E-state index >= 15 is 0 Å². The molecule has 2 amide bonds. The molecule has 2 aromatic carbocycles. The normalized spacial score (nSPS) is 19.4. The summed E-state index contributed by atoms with van der Waals surface area (Å²) in [6.45, 7) is 2.23. The maximum absolute atomic E-state index is 13.2. The van der Waals surface area contributed by atoms with Crippen molar-refractivity contribution in [2.24, 2.45) is 5.92 Å². The molecule has 4 rings (SSSR count). The number of hydrogen-bond acceptors (Lipinski definition) is 5. The van der Waals surface area contributed by atoms with Crippen LogP contribution in [0.4, 0.5) is 4.79 Å². The van der Waals surface area contributed by atoms with Crippen molar-refractivity contribution in [3.63, 3.8) is 0 Å². The zero-order chi connectivity index (χ0) is 24.9. The van der Waals surface area contributed by atoms with Gasteiger partial charge < -0.3 is 20.1 Å². The van der Waals surface area contributed by atoms with Crippen LogP contribution in [-0.4, -0.2) is 53.2 Å². The molecule has 0 saturated carbocycles. The molecule has 3 unspecified atom stereocenters. The number of likely N-dealkylation sites (tertiary alicyclic amines) is 1. The number of hydrogen-bond donors (Lipinski definition) is 2. The smallest absolute Gasteiger partial charge is 0.407 e. The summed E-state index contributed by atoms with van der Waals surface area (Å²) in [5.74, 6) is -1.80. The Hall–Kier alpha value is -3.86. The fourth-order valence-electron chi connectivity index (χ4n) is 5.20. The van der Waals surface area contributed by atoms with E-state index in [1.807, 2.05) is 54.6 Å². The second-order valence-electron chi connectivity index (χ2n) is 9.15. The minimum atomic E-state index is -1.06. The maximum Gasteiger partial charge on any atom is 0.407 e. The van der Waals surface area contributed by atoms with E-state index in [9.17, 15) is 19.5 Å². The molecular formula is C27H29N3O5. The van der Waals surface area contributed by atoms with Crippen molar-refractivity contribution in [1.82, 2.24) is 10.2 Å². The third-order valence-electron chi connectivity index (χ3n) is 6.95. The summed E-state index contributed by atoms with van der Waals surface area (Å²) in [4.78, 5) is 39.1. The van der Waals surface area contributed by atoms with Gasteiger partial charge in [-0.3, -0.25) is 4.79 Å². The van der Waals surface area contributed by atoms with Crippen LogP contribution >= 0.6 is 0 Å². The molecule has 0 aromatic heterocycles. The molecule has 2 aliphatic rings. The molecule has 1 saturated heterocycles. The summed E-state index contributed by atoms with van der Waals surface area (Å²) in [7, 11) is 0. The number of alkyl carbamates (subject to hydrolysis) is 1. The number of ether oxygens (including phenoxy) is 1. The molecule has 35 heavy (non-hydrogen) atoms. The first-order valence-electron chi connectivity index (χ1n) is 11.9. The van der Waals surface area contributed by atoms with Crippen molar-refractivity contribution in [3.05, 3.63) is 59.7 Å². The second kappa shape index (κ2) is 10.6. The zero-order valence-electron chi connectivity index (χ0n) is 19.6. The lowest BCUT2D eigenvalue weighted by molar-refractivity contribution is -0.150. The average Bonchev–Trinajstić information content (AvgIpc) is 3.40. The molecule has 2 N–H and O–H groups in total. The molecule has 1 heterocycles. The number of unbranched alkanes of at least 4 members (excludes halogenated alkanes) is 1. The maximum atomic E-state index is 13.2. The van der Waals surface area contributed by atoms with Gasteiger partial charge >= 0.3 is 12.1 Å². The van der Waals surface area contributed by atoms with Crippen molar-refractivity contribution in [1.29, 1.82) is 5.26 Å². The minimum Gasteiger partial charge on any atom is -0.480 e. The van der Waals surface area contributed by atoms with E-state index < -0.39 is 30.1 Å². The average molecular weight is 476 g/mol. The van der Waals surface area contributed by atoms with E-state index in [-0.39, 0.29) is 31.3 Å². The largest absolute Gasteiger partial charge is 0.480 e. The Labute approximate surface area is 204 Å². The second-order valence-corrected chi connectivity index (χ2v) is 9.15. The molecule has 1 aliphatic carbocycles. The number of carboxylic acid groups (broad SMARTS) is 1. The van der Waals surface area contributed by atoms with Gasteiger partial charge in [-0.1, -0.05) is 55.5 Å². The van der Waals surface area contributed by atoms with Crippen LogP contribution in [0.2, 0.25) is 0 Å². The van der Waals surface area contributed by atoms with E-state index in [2.05, 4.69) is 5.32 Å². The number of benzene rings is 2. The van der Waals surface area contributed by atoms with E-state index in [0.29, 0.717) is 19.4 Å². The Balaban J connectivity index is 1.45. The molecule has 3 atom stereocenters. The van der Waals surface area contributed by atoms with Crippen LogP contribution in [-0.2, 0) is 14.3 Å². The van der Waals surface area contributed by atoms with Crippen molar-refractivity contribution >= 4 is 18.0 Å². The predicted molar refractivity (Wildman–Crippen MR) is 128 cm³/mol. The topological polar surface area (TPSA) is 120 Å². The summed E-state index contributed by atoms with van der Waals surface area (Å²) in [5.41, 5.74) is 4.39. The van der Waals surface area contributed by atoms with Crippen molar-refractivity contribution in [2.45, 2.75) is 50.6 Å². The molecule has 182 valence electrons. The Morgan fingerprint density at radius 2 is 1.77 bits per heavy atom. The Morgan fingerprint density at radius 3 is 2.37 bits per heavy atom. The summed E-state index contributed by atoms with van der Waals surface area (Å²) < 4.78 is 5.58. The Morgan fingerprint density at radius 1 is 1.14 bits per heavy atom. The highest BCUT2D eigenvalue weighted by atomic mass is 16.5. The van der Waals surface area contributed by atoms with Gasteiger partial charge in [-0.25, -0.2) is 9.59 Å². The number of nitrogens with one attached hydrogen (secondary N) is 1. The van der Waals surface area contributed by atoms with E-state index in [1.54, 1.807) is 6.92 Å². The summed E-state index contributed by atoms with van der Waals surface area (Å²) in [6, 6.07) is 16.2. The zero-order valence-corrected chi connectivity index (χ0v) is 19.6. The summed E-state index contributed by atoms with van der Waals surface area (Å²) in [5, 5.41) is 21.1. The SMILES string of the molecule is CC1CCN(C(=O)C(CCCC#N)NC(=O)OCC2c3ccccc3-c3ccccc32)C1C(=O)O. The van der Waals surface area contributed by atoms with Crippen LogP contribution in [0.15, 0.2) is 48.5 Å². The van der Waals surface area contributed by atoms with E-state index in [1.165, 1.54) is 4.90 Å². The number of fused-ring (bicyclic) bond motifs is 3. The number of nitriles is 1. The first kappa shape index (κ1) is 24.3. The van der Waals surface area contributed by atoms with E-state index in [0.717, 1.165) is 22.3 Å². The monoisotopic (exact) mass is 475 g/mol.